The van der Waals surface area contributed by atoms with Gasteiger partial charge in [-0.25, -0.2) is 15.0 Å². The van der Waals surface area contributed by atoms with Crippen LogP contribution in [0.5, 0.6) is 0 Å². The van der Waals surface area contributed by atoms with Gasteiger partial charge in [0, 0.05) is 35.9 Å². The number of nitrogens with zero attached hydrogens (tertiary/aromatic N) is 6. The fraction of sp³-hybridized carbons (Fsp3) is 0.591. The summed E-state index contributed by atoms with van der Waals surface area (Å²) in [6.45, 7) is 15.8. The largest absolute Gasteiger partial charge is 0.352 e. The van der Waals surface area contributed by atoms with E-state index in [-0.39, 0.29) is 0 Å². The second kappa shape index (κ2) is 8.05. The zero-order chi connectivity index (χ0) is 20.8. The summed E-state index contributed by atoms with van der Waals surface area (Å²) in [6.07, 6.45) is 2.59. The van der Waals surface area contributed by atoms with Crippen LogP contribution in [0.25, 0.3) is 10.2 Å². The highest BCUT2D eigenvalue weighted by molar-refractivity contribution is 7.18. The second-order valence-electron chi connectivity index (χ2n) is 8.52. The molecular formula is C22H30N6S2. The zero-order valence-electron chi connectivity index (χ0n) is 18.4. The molecule has 8 heteroatoms. The first kappa shape index (κ1) is 20.2. The summed E-state index contributed by atoms with van der Waals surface area (Å²) in [7, 11) is 0. The van der Waals surface area contributed by atoms with Gasteiger partial charge in [0.1, 0.15) is 16.5 Å². The molecule has 30 heavy (non-hydrogen) atoms. The fourth-order valence-electron chi connectivity index (χ4n) is 4.41. The van der Waals surface area contributed by atoms with E-state index in [4.69, 9.17) is 15.0 Å². The number of anilines is 2. The third kappa shape index (κ3) is 3.69. The number of thiazole rings is 1. The molecule has 3 aromatic heterocycles. The van der Waals surface area contributed by atoms with Gasteiger partial charge in [0.15, 0.2) is 5.13 Å². The van der Waals surface area contributed by atoms with E-state index in [1.54, 1.807) is 0 Å². The molecule has 0 unspecified atom stereocenters. The normalized spacial score (nSPS) is 18.1. The van der Waals surface area contributed by atoms with Crippen LogP contribution in [0.3, 0.4) is 0 Å². The van der Waals surface area contributed by atoms with Crippen molar-refractivity contribution in [1.82, 2.24) is 19.9 Å². The first-order valence-corrected chi connectivity index (χ1v) is 12.6. The molecule has 0 saturated carbocycles. The van der Waals surface area contributed by atoms with Gasteiger partial charge in [0.25, 0.3) is 0 Å². The molecule has 3 aromatic rings. The Hall–Kier alpha value is -1.77. The molecule has 2 fully saturated rings. The number of likely N-dealkylation sites (tertiary alicyclic amines) is 1. The smallest absolute Gasteiger partial charge is 0.185 e. The number of rotatable bonds is 4. The highest BCUT2D eigenvalue weighted by atomic mass is 32.1. The zero-order valence-corrected chi connectivity index (χ0v) is 20.0. The Morgan fingerprint density at radius 2 is 1.47 bits per heavy atom. The first-order chi connectivity index (χ1) is 14.5. The molecule has 2 saturated heterocycles. The van der Waals surface area contributed by atoms with Gasteiger partial charge >= 0.3 is 0 Å². The summed E-state index contributed by atoms with van der Waals surface area (Å²) in [5.74, 6) is 2.12. The molecule has 0 spiro atoms. The SMILES string of the molecule is Cc1nc(N2CCN(c3nc(CN4CCCC4)nc4sc(C)c(C)c34)CC2)sc1C. The minimum Gasteiger partial charge on any atom is -0.352 e. The van der Waals surface area contributed by atoms with Crippen molar-refractivity contribution >= 4 is 43.8 Å². The summed E-state index contributed by atoms with van der Waals surface area (Å²) < 4.78 is 0. The van der Waals surface area contributed by atoms with Crippen LogP contribution in [0.4, 0.5) is 10.9 Å². The molecule has 0 bridgehead atoms. The van der Waals surface area contributed by atoms with Crippen LogP contribution < -0.4 is 9.80 Å². The summed E-state index contributed by atoms with van der Waals surface area (Å²) in [5, 5.41) is 2.42. The predicted molar refractivity (Wildman–Crippen MR) is 127 cm³/mol. The minimum absolute atomic E-state index is 0.872. The van der Waals surface area contributed by atoms with Gasteiger partial charge in [-0.15, -0.1) is 22.7 Å². The van der Waals surface area contributed by atoms with E-state index >= 15 is 0 Å². The summed E-state index contributed by atoms with van der Waals surface area (Å²) in [6, 6.07) is 0. The standard InChI is InChI=1S/C22H30N6S2/c1-14-16(3)29-21-19(14)20(24-18(25-21)13-26-7-5-6-8-26)27-9-11-28(12-10-27)22-23-15(2)17(4)30-22/h5-13H2,1-4H3. The summed E-state index contributed by atoms with van der Waals surface area (Å²) >= 11 is 3.63. The Morgan fingerprint density at radius 1 is 0.767 bits per heavy atom. The predicted octanol–water partition coefficient (Wildman–Crippen LogP) is 4.30. The number of hydrogen-bond acceptors (Lipinski definition) is 8. The van der Waals surface area contributed by atoms with Crippen LogP contribution in [0.2, 0.25) is 0 Å². The molecule has 0 aromatic carbocycles. The molecule has 2 aliphatic heterocycles. The first-order valence-electron chi connectivity index (χ1n) is 10.9. The minimum atomic E-state index is 0.872. The molecule has 5 heterocycles. The van der Waals surface area contributed by atoms with E-state index in [1.807, 2.05) is 22.7 Å². The van der Waals surface area contributed by atoms with E-state index in [0.29, 0.717) is 0 Å². The Labute approximate surface area is 186 Å². The lowest BCUT2D eigenvalue weighted by atomic mass is 10.2. The van der Waals surface area contributed by atoms with Crippen molar-refractivity contribution in [3.05, 3.63) is 26.8 Å². The lowest BCUT2D eigenvalue weighted by Crippen LogP contribution is -2.47. The third-order valence-electron chi connectivity index (χ3n) is 6.49. The number of hydrogen-bond donors (Lipinski definition) is 0. The highest BCUT2D eigenvalue weighted by Crippen LogP contribution is 2.36. The Kier molecular flexibility index (Phi) is 5.41. The van der Waals surface area contributed by atoms with Crippen LogP contribution in [0, 0.1) is 27.7 Å². The lowest BCUT2D eigenvalue weighted by Gasteiger charge is -2.35. The maximum absolute atomic E-state index is 5.13. The van der Waals surface area contributed by atoms with Crippen molar-refractivity contribution < 1.29 is 0 Å². The van der Waals surface area contributed by atoms with E-state index in [2.05, 4.69) is 42.4 Å². The number of fused-ring (bicyclic) bond motifs is 1. The van der Waals surface area contributed by atoms with Crippen LogP contribution >= 0.6 is 22.7 Å². The molecule has 2 aliphatic rings. The molecule has 0 radical (unpaired) electrons. The van der Waals surface area contributed by atoms with Gasteiger partial charge in [-0.1, -0.05) is 0 Å². The number of thiophene rings is 1. The van der Waals surface area contributed by atoms with Gasteiger partial charge in [-0.05, 0) is 59.2 Å². The van der Waals surface area contributed by atoms with Crippen molar-refractivity contribution in [2.75, 3.05) is 49.1 Å². The molecule has 0 aliphatic carbocycles. The number of aromatic nitrogens is 3. The van der Waals surface area contributed by atoms with Gasteiger partial charge in [0.2, 0.25) is 0 Å². The van der Waals surface area contributed by atoms with Gasteiger partial charge in [0.05, 0.1) is 17.6 Å². The third-order valence-corrected chi connectivity index (χ3v) is 8.72. The maximum Gasteiger partial charge on any atom is 0.185 e. The summed E-state index contributed by atoms with van der Waals surface area (Å²) in [5.41, 5.74) is 2.50. The Balaban J connectivity index is 1.42. The topological polar surface area (TPSA) is 48.4 Å². The van der Waals surface area contributed by atoms with Crippen LogP contribution in [0.1, 0.15) is 39.7 Å². The monoisotopic (exact) mass is 442 g/mol. The molecular weight excluding hydrogens is 412 g/mol. The lowest BCUT2D eigenvalue weighted by molar-refractivity contribution is 0.323. The molecule has 0 N–H and O–H groups in total. The van der Waals surface area contributed by atoms with Crippen molar-refractivity contribution in [3.63, 3.8) is 0 Å². The quantitative estimate of drug-likeness (QED) is 0.600. The van der Waals surface area contributed by atoms with Crippen LogP contribution in [-0.2, 0) is 6.54 Å². The fourth-order valence-corrected chi connectivity index (χ4v) is 6.42. The maximum atomic E-state index is 5.13. The average Bonchev–Trinajstić information content (AvgIpc) is 3.43. The van der Waals surface area contributed by atoms with E-state index < -0.39 is 0 Å². The number of piperazine rings is 1. The van der Waals surface area contributed by atoms with Crippen LogP contribution in [-0.4, -0.2) is 59.1 Å². The molecule has 0 amide bonds. The van der Waals surface area contributed by atoms with Crippen LogP contribution in [0.15, 0.2) is 0 Å². The second-order valence-corrected chi connectivity index (χ2v) is 10.9. The van der Waals surface area contributed by atoms with Gasteiger partial charge in [-0.3, -0.25) is 4.90 Å². The average molecular weight is 443 g/mol. The van der Waals surface area contributed by atoms with E-state index in [0.717, 1.165) is 60.0 Å². The molecule has 0 atom stereocenters. The molecule has 5 rings (SSSR count). The summed E-state index contributed by atoms with van der Waals surface area (Å²) in [4.78, 5) is 26.1. The number of aryl methyl sites for hydroxylation is 4. The van der Waals surface area contributed by atoms with E-state index in [1.165, 1.54) is 46.6 Å². The van der Waals surface area contributed by atoms with Gasteiger partial charge < -0.3 is 9.80 Å². The van der Waals surface area contributed by atoms with Crippen molar-refractivity contribution in [2.24, 2.45) is 0 Å². The Morgan fingerprint density at radius 3 is 2.13 bits per heavy atom. The van der Waals surface area contributed by atoms with Crippen molar-refractivity contribution in [3.8, 4) is 0 Å². The molecule has 160 valence electrons. The van der Waals surface area contributed by atoms with Gasteiger partial charge in [-0.2, -0.15) is 0 Å². The van der Waals surface area contributed by atoms with Crippen molar-refractivity contribution in [2.45, 2.75) is 47.1 Å². The highest BCUT2D eigenvalue weighted by Gasteiger charge is 2.25. The van der Waals surface area contributed by atoms with E-state index in [9.17, 15) is 0 Å². The Bertz CT molecular complexity index is 1040. The van der Waals surface area contributed by atoms with Crippen molar-refractivity contribution in [1.29, 1.82) is 0 Å². The molecule has 6 nitrogen and oxygen atoms in total.